The molecule has 11 heteroatoms. The van der Waals surface area contributed by atoms with Crippen molar-refractivity contribution in [2.45, 2.75) is 50.7 Å². The Balaban J connectivity index is 1.46. The zero-order chi connectivity index (χ0) is 24.1. The van der Waals surface area contributed by atoms with Gasteiger partial charge in [-0.1, -0.05) is 0 Å². The van der Waals surface area contributed by atoms with Gasteiger partial charge in [-0.25, -0.2) is 4.79 Å². The topological polar surface area (TPSA) is 140 Å². The van der Waals surface area contributed by atoms with Gasteiger partial charge in [-0.2, -0.15) is 0 Å². The molecule has 34 heavy (non-hydrogen) atoms. The standard InChI is InChI=1S/C23H24N2O9/c26-23(33-19-5-7-21(24(27)28)15(13-19)11-17-3-1-9-31-17)34-20-6-8-22(25(29)30)16(14-20)12-18-4-2-10-32-18/h5-8,13-14,17-18H,1-4,9-12H2. The van der Waals surface area contributed by atoms with E-state index < -0.39 is 16.0 Å². The summed E-state index contributed by atoms with van der Waals surface area (Å²) in [5.41, 5.74) is 0.642. The van der Waals surface area contributed by atoms with Gasteiger partial charge in [-0.15, -0.1) is 0 Å². The fourth-order valence-electron chi connectivity index (χ4n) is 4.25. The van der Waals surface area contributed by atoms with Crippen molar-refractivity contribution < 1.29 is 33.6 Å². The number of rotatable bonds is 8. The van der Waals surface area contributed by atoms with Gasteiger partial charge in [0, 0.05) is 49.3 Å². The van der Waals surface area contributed by atoms with Crippen molar-refractivity contribution in [3.63, 3.8) is 0 Å². The first-order valence-corrected chi connectivity index (χ1v) is 11.1. The van der Waals surface area contributed by atoms with Crippen LogP contribution in [0.3, 0.4) is 0 Å². The Morgan fingerprint density at radius 3 is 1.62 bits per heavy atom. The molecule has 0 aliphatic carbocycles. The van der Waals surface area contributed by atoms with Crippen LogP contribution in [-0.4, -0.2) is 41.4 Å². The molecular formula is C23H24N2O9. The SMILES string of the molecule is O=C(Oc1ccc([N+](=O)[O-])c(CC2CCCO2)c1)Oc1ccc([N+](=O)[O-])c(CC2CCCO2)c1. The Bertz CT molecular complexity index is 993. The largest absolute Gasteiger partial charge is 0.519 e. The van der Waals surface area contributed by atoms with Crippen LogP contribution in [0.5, 0.6) is 11.5 Å². The molecule has 0 N–H and O–H groups in total. The molecule has 2 heterocycles. The van der Waals surface area contributed by atoms with Gasteiger partial charge in [0.2, 0.25) is 0 Å². The van der Waals surface area contributed by atoms with Crippen LogP contribution >= 0.6 is 0 Å². The molecule has 180 valence electrons. The average molecular weight is 472 g/mol. The summed E-state index contributed by atoms with van der Waals surface area (Å²) in [5, 5.41) is 22.8. The number of carbonyl (C=O) groups is 1. The van der Waals surface area contributed by atoms with Gasteiger partial charge in [-0.05, 0) is 49.9 Å². The number of nitro benzene ring substituents is 2. The van der Waals surface area contributed by atoms with E-state index in [4.69, 9.17) is 18.9 Å². The Labute approximate surface area is 194 Å². The average Bonchev–Trinajstić information content (AvgIpc) is 3.48. The molecule has 2 aliphatic rings. The van der Waals surface area contributed by atoms with E-state index in [0.717, 1.165) is 25.7 Å². The van der Waals surface area contributed by atoms with Crippen LogP contribution in [0.15, 0.2) is 36.4 Å². The third-order valence-corrected chi connectivity index (χ3v) is 5.84. The Hall–Kier alpha value is -3.57. The van der Waals surface area contributed by atoms with E-state index in [1.165, 1.54) is 36.4 Å². The van der Waals surface area contributed by atoms with Gasteiger partial charge < -0.3 is 18.9 Å². The lowest BCUT2D eigenvalue weighted by molar-refractivity contribution is -0.385. The lowest BCUT2D eigenvalue weighted by Gasteiger charge is -2.12. The molecule has 2 aliphatic heterocycles. The summed E-state index contributed by atoms with van der Waals surface area (Å²) in [4.78, 5) is 34.1. The Morgan fingerprint density at radius 2 is 1.26 bits per heavy atom. The number of carbonyl (C=O) groups excluding carboxylic acids is 1. The van der Waals surface area contributed by atoms with Crippen molar-refractivity contribution in [2.75, 3.05) is 13.2 Å². The third-order valence-electron chi connectivity index (χ3n) is 5.84. The summed E-state index contributed by atoms with van der Waals surface area (Å²) in [6.07, 6.45) is 2.75. The van der Waals surface area contributed by atoms with E-state index in [2.05, 4.69) is 0 Å². The van der Waals surface area contributed by atoms with Crippen LogP contribution in [-0.2, 0) is 22.3 Å². The summed E-state index contributed by atoms with van der Waals surface area (Å²) < 4.78 is 21.6. The van der Waals surface area contributed by atoms with Crippen LogP contribution in [0, 0.1) is 20.2 Å². The van der Waals surface area contributed by atoms with Gasteiger partial charge >= 0.3 is 6.16 Å². The smallest absolute Gasteiger partial charge is 0.395 e. The lowest BCUT2D eigenvalue weighted by Crippen LogP contribution is -2.15. The maximum Gasteiger partial charge on any atom is 0.519 e. The van der Waals surface area contributed by atoms with Gasteiger partial charge in [0.1, 0.15) is 11.5 Å². The maximum atomic E-state index is 12.4. The monoisotopic (exact) mass is 472 g/mol. The second-order valence-corrected chi connectivity index (χ2v) is 8.23. The zero-order valence-electron chi connectivity index (χ0n) is 18.3. The fraction of sp³-hybridized carbons (Fsp3) is 0.435. The minimum atomic E-state index is -1.06. The second-order valence-electron chi connectivity index (χ2n) is 8.23. The van der Waals surface area contributed by atoms with Crippen molar-refractivity contribution in [1.29, 1.82) is 0 Å². The molecule has 0 radical (unpaired) electrons. The van der Waals surface area contributed by atoms with E-state index in [1.807, 2.05) is 0 Å². The molecular weight excluding hydrogens is 448 g/mol. The highest BCUT2D eigenvalue weighted by Crippen LogP contribution is 2.30. The lowest BCUT2D eigenvalue weighted by atomic mass is 10.0. The van der Waals surface area contributed by atoms with Gasteiger partial charge in [0.05, 0.1) is 22.1 Å². The third kappa shape index (κ3) is 5.86. The number of ether oxygens (including phenoxy) is 4. The molecule has 11 nitrogen and oxygen atoms in total. The summed E-state index contributed by atoms with van der Waals surface area (Å²) in [6, 6.07) is 8.05. The maximum absolute atomic E-state index is 12.4. The highest BCUT2D eigenvalue weighted by atomic mass is 16.7. The van der Waals surface area contributed by atoms with Gasteiger partial charge in [0.15, 0.2) is 0 Å². The molecule has 0 bridgehead atoms. The van der Waals surface area contributed by atoms with Crippen molar-refractivity contribution in [3.05, 3.63) is 67.8 Å². The van der Waals surface area contributed by atoms with E-state index in [1.54, 1.807) is 0 Å². The summed E-state index contributed by atoms with van der Waals surface area (Å²) in [5.74, 6) is 0.176. The number of nitrogens with zero attached hydrogens (tertiary/aromatic N) is 2. The fourth-order valence-corrected chi connectivity index (χ4v) is 4.25. The summed E-state index contributed by atoms with van der Waals surface area (Å²) in [7, 11) is 0. The minimum absolute atomic E-state index is 0.0784. The highest BCUT2D eigenvalue weighted by Gasteiger charge is 2.24. The first-order chi connectivity index (χ1) is 16.4. The molecule has 2 unspecified atom stereocenters. The second kappa shape index (κ2) is 10.6. The molecule has 4 rings (SSSR count). The number of benzene rings is 2. The normalized spacial score (nSPS) is 19.6. The van der Waals surface area contributed by atoms with E-state index in [-0.39, 0.29) is 35.1 Å². The minimum Gasteiger partial charge on any atom is -0.395 e. The molecule has 2 fully saturated rings. The Morgan fingerprint density at radius 1 is 0.824 bits per heavy atom. The number of hydrogen-bond donors (Lipinski definition) is 0. The summed E-state index contributed by atoms with van der Waals surface area (Å²) in [6.45, 7) is 1.23. The number of nitro groups is 2. The molecule has 0 amide bonds. The predicted molar refractivity (Wildman–Crippen MR) is 118 cm³/mol. The van der Waals surface area contributed by atoms with Gasteiger partial charge in [-0.3, -0.25) is 20.2 Å². The van der Waals surface area contributed by atoms with Crippen molar-refractivity contribution in [3.8, 4) is 11.5 Å². The highest BCUT2D eigenvalue weighted by molar-refractivity contribution is 5.68. The first kappa shape index (κ1) is 23.6. The first-order valence-electron chi connectivity index (χ1n) is 11.1. The van der Waals surface area contributed by atoms with Crippen molar-refractivity contribution in [1.82, 2.24) is 0 Å². The van der Waals surface area contributed by atoms with Crippen LogP contribution in [0.2, 0.25) is 0 Å². The van der Waals surface area contributed by atoms with Crippen LogP contribution in [0.25, 0.3) is 0 Å². The van der Waals surface area contributed by atoms with E-state index >= 15 is 0 Å². The Kier molecular flexibility index (Phi) is 7.33. The molecule has 0 aromatic heterocycles. The van der Waals surface area contributed by atoms with Gasteiger partial charge in [0.25, 0.3) is 11.4 Å². The zero-order valence-corrected chi connectivity index (χ0v) is 18.3. The molecule has 2 saturated heterocycles. The van der Waals surface area contributed by atoms with Crippen LogP contribution in [0.4, 0.5) is 16.2 Å². The molecule has 2 aromatic rings. The van der Waals surface area contributed by atoms with Crippen LogP contribution in [0.1, 0.15) is 36.8 Å². The molecule has 2 atom stereocenters. The van der Waals surface area contributed by atoms with Crippen molar-refractivity contribution in [2.24, 2.45) is 0 Å². The van der Waals surface area contributed by atoms with E-state index in [0.29, 0.717) is 37.2 Å². The predicted octanol–water partition coefficient (Wildman–Crippen LogP) is 4.52. The van der Waals surface area contributed by atoms with Crippen LogP contribution < -0.4 is 9.47 Å². The molecule has 2 aromatic carbocycles. The molecule has 0 saturated carbocycles. The molecule has 0 spiro atoms. The van der Waals surface area contributed by atoms with E-state index in [9.17, 15) is 25.0 Å². The van der Waals surface area contributed by atoms with Crippen molar-refractivity contribution >= 4 is 17.5 Å². The summed E-state index contributed by atoms with van der Waals surface area (Å²) >= 11 is 0. The number of hydrogen-bond acceptors (Lipinski definition) is 9. The quantitative estimate of drug-likeness (QED) is 0.235.